The summed E-state index contributed by atoms with van der Waals surface area (Å²) in [6, 6.07) is 9.99. The number of rotatable bonds is 5. The summed E-state index contributed by atoms with van der Waals surface area (Å²) < 4.78 is 19.3. The smallest absolute Gasteiger partial charge is 0.146 e. The van der Waals surface area contributed by atoms with Crippen molar-refractivity contribution in [3.05, 3.63) is 58.4 Å². The first-order chi connectivity index (χ1) is 9.99. The highest BCUT2D eigenvalue weighted by Gasteiger charge is 2.12. The lowest BCUT2D eigenvalue weighted by atomic mass is 10.0. The second-order valence-corrected chi connectivity index (χ2v) is 5.57. The molecule has 0 fully saturated rings. The first kappa shape index (κ1) is 15.8. The molecule has 2 rings (SSSR count). The fourth-order valence-electron chi connectivity index (χ4n) is 2.04. The molecule has 2 aromatic rings. The van der Waals surface area contributed by atoms with Gasteiger partial charge in [0.2, 0.25) is 0 Å². The van der Waals surface area contributed by atoms with E-state index in [1.807, 2.05) is 32.0 Å². The third kappa shape index (κ3) is 4.19. The van der Waals surface area contributed by atoms with Gasteiger partial charge in [-0.2, -0.15) is 0 Å². The van der Waals surface area contributed by atoms with Crippen molar-refractivity contribution >= 4 is 11.6 Å². The van der Waals surface area contributed by atoms with Crippen molar-refractivity contribution in [2.24, 2.45) is 5.73 Å². The van der Waals surface area contributed by atoms with E-state index in [1.165, 1.54) is 12.1 Å². The van der Waals surface area contributed by atoms with Crippen molar-refractivity contribution in [3.8, 4) is 11.5 Å². The summed E-state index contributed by atoms with van der Waals surface area (Å²) in [6.45, 7) is 3.96. The summed E-state index contributed by atoms with van der Waals surface area (Å²) in [5.74, 6) is 0.849. The van der Waals surface area contributed by atoms with E-state index in [0.29, 0.717) is 22.9 Å². The number of halogens is 2. The number of hydrogen-bond donors (Lipinski definition) is 1. The van der Waals surface area contributed by atoms with Gasteiger partial charge >= 0.3 is 0 Å². The number of nitrogens with two attached hydrogens (primary N) is 1. The van der Waals surface area contributed by atoms with Gasteiger partial charge < -0.3 is 10.5 Å². The second kappa shape index (κ2) is 6.92. The van der Waals surface area contributed by atoms with Crippen LogP contribution in [0.5, 0.6) is 11.5 Å². The standard InChI is InChI=1S/C17H19ClFNO/c1-3-14(20)10-12-9-13(19)5-7-16(12)21-17-6-4-11(2)8-15(17)18/h4-9,14H,3,10,20H2,1-2H3. The zero-order chi connectivity index (χ0) is 15.4. The maximum atomic E-state index is 13.5. The van der Waals surface area contributed by atoms with Crippen molar-refractivity contribution < 1.29 is 9.13 Å². The Kier molecular flexibility index (Phi) is 5.21. The summed E-state index contributed by atoms with van der Waals surface area (Å²) in [5, 5.41) is 0.532. The van der Waals surface area contributed by atoms with Crippen LogP contribution in [0.1, 0.15) is 24.5 Å². The van der Waals surface area contributed by atoms with Gasteiger partial charge in [0.15, 0.2) is 0 Å². The molecule has 0 radical (unpaired) electrons. The van der Waals surface area contributed by atoms with E-state index in [4.69, 9.17) is 22.1 Å². The van der Waals surface area contributed by atoms with E-state index in [0.717, 1.165) is 17.5 Å². The maximum absolute atomic E-state index is 13.5. The van der Waals surface area contributed by atoms with E-state index in [2.05, 4.69) is 0 Å². The molecule has 0 aliphatic rings. The molecule has 0 saturated heterocycles. The van der Waals surface area contributed by atoms with Crippen LogP contribution in [0.15, 0.2) is 36.4 Å². The maximum Gasteiger partial charge on any atom is 0.146 e. The fraction of sp³-hybridized carbons (Fsp3) is 0.294. The van der Waals surface area contributed by atoms with Crippen LogP contribution < -0.4 is 10.5 Å². The van der Waals surface area contributed by atoms with E-state index < -0.39 is 0 Å². The first-order valence-electron chi connectivity index (χ1n) is 6.97. The van der Waals surface area contributed by atoms with Gasteiger partial charge in [0, 0.05) is 6.04 Å². The molecule has 0 aromatic heterocycles. The second-order valence-electron chi connectivity index (χ2n) is 5.16. The monoisotopic (exact) mass is 307 g/mol. The lowest BCUT2D eigenvalue weighted by molar-refractivity contribution is 0.469. The molecular weight excluding hydrogens is 289 g/mol. The van der Waals surface area contributed by atoms with Crippen LogP contribution in [-0.4, -0.2) is 6.04 Å². The van der Waals surface area contributed by atoms with Crippen molar-refractivity contribution in [1.82, 2.24) is 0 Å². The summed E-state index contributed by atoms with van der Waals surface area (Å²) in [6.07, 6.45) is 1.38. The van der Waals surface area contributed by atoms with Crippen LogP contribution in [0.4, 0.5) is 4.39 Å². The molecule has 4 heteroatoms. The Balaban J connectivity index is 2.30. The van der Waals surface area contributed by atoms with Crippen molar-refractivity contribution in [2.45, 2.75) is 32.7 Å². The lowest BCUT2D eigenvalue weighted by Crippen LogP contribution is -2.21. The van der Waals surface area contributed by atoms with Crippen LogP contribution in [0.25, 0.3) is 0 Å². The van der Waals surface area contributed by atoms with Crippen molar-refractivity contribution in [1.29, 1.82) is 0 Å². The highest BCUT2D eigenvalue weighted by atomic mass is 35.5. The van der Waals surface area contributed by atoms with Crippen molar-refractivity contribution in [2.75, 3.05) is 0 Å². The van der Waals surface area contributed by atoms with E-state index >= 15 is 0 Å². The topological polar surface area (TPSA) is 35.2 Å². The predicted octanol–water partition coefficient (Wildman–Crippen LogP) is 4.86. The summed E-state index contributed by atoms with van der Waals surface area (Å²) in [4.78, 5) is 0. The Morgan fingerprint density at radius 2 is 1.90 bits per heavy atom. The normalized spacial score (nSPS) is 12.2. The number of ether oxygens (including phenoxy) is 1. The van der Waals surface area contributed by atoms with Crippen LogP contribution in [0.2, 0.25) is 5.02 Å². The molecule has 1 atom stereocenters. The molecule has 2 nitrogen and oxygen atoms in total. The molecule has 0 aliphatic carbocycles. The lowest BCUT2D eigenvalue weighted by Gasteiger charge is -2.15. The molecule has 0 heterocycles. The van der Waals surface area contributed by atoms with Crippen LogP contribution in [-0.2, 0) is 6.42 Å². The quantitative estimate of drug-likeness (QED) is 0.856. The zero-order valence-electron chi connectivity index (χ0n) is 12.2. The highest BCUT2D eigenvalue weighted by Crippen LogP contribution is 2.32. The SMILES string of the molecule is CCC(N)Cc1cc(F)ccc1Oc1ccc(C)cc1Cl. The predicted molar refractivity (Wildman–Crippen MR) is 84.6 cm³/mol. The minimum absolute atomic E-state index is 0.0253. The zero-order valence-corrected chi connectivity index (χ0v) is 13.0. The van der Waals surface area contributed by atoms with Gasteiger partial charge in [0.05, 0.1) is 5.02 Å². The van der Waals surface area contributed by atoms with E-state index in [-0.39, 0.29) is 11.9 Å². The first-order valence-corrected chi connectivity index (χ1v) is 7.35. The minimum Gasteiger partial charge on any atom is -0.456 e. The van der Waals surface area contributed by atoms with E-state index in [9.17, 15) is 4.39 Å². The van der Waals surface area contributed by atoms with Gasteiger partial charge in [-0.25, -0.2) is 4.39 Å². The molecular formula is C17H19ClFNO. The molecule has 2 N–H and O–H groups in total. The summed E-state index contributed by atoms with van der Waals surface area (Å²) >= 11 is 6.17. The molecule has 1 unspecified atom stereocenters. The number of benzene rings is 2. The molecule has 0 spiro atoms. The molecule has 112 valence electrons. The summed E-state index contributed by atoms with van der Waals surface area (Å²) in [5.41, 5.74) is 7.77. The molecule has 0 bridgehead atoms. The van der Waals surface area contributed by atoms with Crippen LogP contribution in [0.3, 0.4) is 0 Å². The molecule has 0 saturated carbocycles. The van der Waals surface area contributed by atoms with Gasteiger partial charge in [-0.05, 0) is 61.2 Å². The molecule has 0 aliphatic heterocycles. The molecule has 2 aromatic carbocycles. The Hall–Kier alpha value is -1.58. The Bertz CT molecular complexity index is 630. The molecule has 21 heavy (non-hydrogen) atoms. The number of aryl methyl sites for hydroxylation is 1. The van der Waals surface area contributed by atoms with E-state index in [1.54, 1.807) is 6.07 Å². The third-order valence-electron chi connectivity index (χ3n) is 3.34. The minimum atomic E-state index is -0.296. The average Bonchev–Trinajstić information content (AvgIpc) is 2.44. The summed E-state index contributed by atoms with van der Waals surface area (Å²) in [7, 11) is 0. The Morgan fingerprint density at radius 1 is 1.19 bits per heavy atom. The fourth-order valence-corrected chi connectivity index (χ4v) is 2.31. The molecule has 0 amide bonds. The Labute approximate surface area is 129 Å². The van der Waals surface area contributed by atoms with Gasteiger partial charge in [-0.3, -0.25) is 0 Å². The van der Waals surface area contributed by atoms with Gasteiger partial charge in [0.25, 0.3) is 0 Å². The third-order valence-corrected chi connectivity index (χ3v) is 3.63. The largest absolute Gasteiger partial charge is 0.456 e. The van der Waals surface area contributed by atoms with Gasteiger partial charge in [-0.15, -0.1) is 0 Å². The van der Waals surface area contributed by atoms with Crippen LogP contribution in [0, 0.1) is 12.7 Å². The van der Waals surface area contributed by atoms with Gasteiger partial charge in [0.1, 0.15) is 17.3 Å². The highest BCUT2D eigenvalue weighted by molar-refractivity contribution is 6.32. The van der Waals surface area contributed by atoms with Crippen molar-refractivity contribution in [3.63, 3.8) is 0 Å². The number of hydrogen-bond acceptors (Lipinski definition) is 2. The van der Waals surface area contributed by atoms with Gasteiger partial charge in [-0.1, -0.05) is 24.6 Å². The van der Waals surface area contributed by atoms with Crippen LogP contribution >= 0.6 is 11.6 Å². The Morgan fingerprint density at radius 3 is 2.57 bits per heavy atom. The average molecular weight is 308 g/mol.